The van der Waals surface area contributed by atoms with Gasteiger partial charge in [0.1, 0.15) is 6.61 Å². The number of carbonyl (C=O) groups is 2. The molecule has 2 saturated carbocycles. The second-order valence-corrected chi connectivity index (χ2v) is 28.4. The van der Waals surface area contributed by atoms with Crippen LogP contribution in [0.4, 0.5) is 15.5 Å². The van der Waals surface area contributed by atoms with Crippen LogP contribution in [0.5, 0.6) is 0 Å². The number of fused-ring (bicyclic) bond motifs is 2. The summed E-state index contributed by atoms with van der Waals surface area (Å²) in [5.74, 6) is 1.07. The predicted octanol–water partition coefficient (Wildman–Crippen LogP) is 12.3. The Kier molecular flexibility index (Phi) is 26.5. The fourth-order valence-corrected chi connectivity index (χ4v) is 15.7. The van der Waals surface area contributed by atoms with Gasteiger partial charge in [-0.2, -0.15) is 0 Å². The summed E-state index contributed by atoms with van der Waals surface area (Å²) in [7, 11) is -3.17. The molecule has 0 bridgehead atoms. The molecule has 488 valence electrons. The monoisotopic (exact) mass is 1480 g/mol. The molecule has 26 heteroatoms. The van der Waals surface area contributed by atoms with E-state index in [9.17, 15) is 26.4 Å². The molecule has 4 aromatic heterocycles. The van der Waals surface area contributed by atoms with Crippen molar-refractivity contribution < 1.29 is 57.4 Å². The van der Waals surface area contributed by atoms with Crippen molar-refractivity contribution >= 4 is 104 Å². The second kappa shape index (κ2) is 34.6. The van der Waals surface area contributed by atoms with E-state index >= 15 is 0 Å². The molecule has 0 aliphatic heterocycles. The van der Waals surface area contributed by atoms with E-state index in [1.165, 1.54) is 39.4 Å². The third-order valence-corrected chi connectivity index (χ3v) is 21.0. The largest absolute Gasteiger partial charge is 0.445 e. The maximum Gasteiger partial charge on any atom is 0.407 e. The number of nitrogens with zero attached hydrogens (tertiary/aromatic N) is 7. The summed E-state index contributed by atoms with van der Waals surface area (Å²) in [6, 6.07) is 50.4. The Morgan fingerprint density at radius 2 is 1.00 bits per heavy atom. The third-order valence-electron chi connectivity index (χ3n) is 15.1. The predicted molar refractivity (Wildman–Crippen MR) is 366 cm³/mol. The van der Waals surface area contributed by atoms with Crippen molar-refractivity contribution in [2.75, 3.05) is 16.8 Å². The van der Waals surface area contributed by atoms with Crippen molar-refractivity contribution in [3.63, 3.8) is 0 Å². The Morgan fingerprint density at radius 1 is 0.591 bits per heavy atom. The van der Waals surface area contributed by atoms with Crippen LogP contribution in [0.3, 0.4) is 0 Å². The molecule has 0 unspecified atom stereocenters. The number of aromatic nitrogens is 6. The van der Waals surface area contributed by atoms with E-state index in [0.717, 1.165) is 47.7 Å². The van der Waals surface area contributed by atoms with Crippen molar-refractivity contribution in [3.8, 4) is 22.5 Å². The molecule has 19 nitrogen and oxygen atoms in total. The van der Waals surface area contributed by atoms with E-state index in [2.05, 4.69) is 44.7 Å². The quantitative estimate of drug-likeness (QED) is 0.0231. The molecule has 0 radical (unpaired) electrons. The van der Waals surface area contributed by atoms with Crippen molar-refractivity contribution in [1.29, 1.82) is 0 Å². The number of rotatable bonds is 16. The molecule has 2 fully saturated rings. The third kappa shape index (κ3) is 19.1. The Balaban J connectivity index is 0.000000189. The van der Waals surface area contributed by atoms with E-state index in [1.54, 1.807) is 98.2 Å². The molecule has 2 amide bonds. The van der Waals surface area contributed by atoms with Gasteiger partial charge in [0.2, 0.25) is 11.2 Å². The van der Waals surface area contributed by atoms with Gasteiger partial charge in [0.05, 0.1) is 54.7 Å². The average Bonchev–Trinajstić information content (AvgIpc) is 1.62. The minimum absolute atomic E-state index is 0. The number of halogens is 4. The summed E-state index contributed by atoms with van der Waals surface area (Å²) in [6.45, 7) is 0.544. The summed E-state index contributed by atoms with van der Waals surface area (Å²) in [5.41, 5.74) is 4.93. The van der Waals surface area contributed by atoms with Gasteiger partial charge >= 0.3 is 137 Å². The van der Waals surface area contributed by atoms with Crippen LogP contribution in [0, 0.1) is 5.92 Å². The molecular weight excluding hydrogens is 1420 g/mol. The minimum Gasteiger partial charge on any atom is -0.445 e. The summed E-state index contributed by atoms with van der Waals surface area (Å²) in [4.78, 5) is 41.7. The van der Waals surface area contributed by atoms with Gasteiger partial charge in [-0.05, 0) is 88.3 Å². The zero-order valence-electron chi connectivity index (χ0n) is 49.9. The van der Waals surface area contributed by atoms with Gasteiger partial charge < -0.3 is 15.4 Å². The van der Waals surface area contributed by atoms with Crippen LogP contribution >= 0.6 is 43.8 Å². The molecule has 10 aromatic rings. The molecule has 12 rings (SSSR count). The van der Waals surface area contributed by atoms with Crippen molar-refractivity contribution in [2.24, 2.45) is 14.6 Å². The zero-order chi connectivity index (χ0) is 65.0. The zero-order valence-corrected chi connectivity index (χ0v) is 56.9. The molecule has 93 heavy (non-hydrogen) atoms. The summed E-state index contributed by atoms with van der Waals surface area (Å²) in [6.07, 6.45) is 13.1. The van der Waals surface area contributed by atoms with Gasteiger partial charge in [-0.1, -0.05) is 134 Å². The Morgan fingerprint density at radius 3 is 1.48 bits per heavy atom. The van der Waals surface area contributed by atoms with Crippen LogP contribution in [0.1, 0.15) is 69.9 Å². The molecule has 2 aliphatic rings. The standard InChI is InChI=1S/C32H30ClN5O4S.C18H11Cl2N3O2S.C15H22IN2O2.CH4NP.CH4/c33-28-19-34-31(35-23-12-9-13-24(18-23)36-32(39)42-21-22-10-3-1-4-11-22)37-30(28)27-20-38(29-17-8-7-16-26(27)29)43(40,41)25-14-5-2-6-15-25;19-15-10-21-18(20)22-17(15)14-11-23(16-9-5-4-8-13(14)16)26(24,25)12-6-2-1-3-7-12;17-16-10-13-7-4-8-14(9-13)18-15(19)20-11-12-5-2-1-3-6-12;1-2-3;/h1-8,10-11,14-17,19-20,23-24H,9,12-13,18,21H2,(H,36,39)(H,34,35,37);1-11H;1-3,5-6,13-14H,4,7-11,17H2,(H,18,19);3H,1H3;1H4/q;;-1;;/t23-,24+;;13-,14+;;/m1.1../s1. The first-order chi connectivity index (χ1) is 44.6. The van der Waals surface area contributed by atoms with E-state index in [4.69, 9.17) is 53.2 Å². The Hall–Kier alpha value is -7.54. The van der Waals surface area contributed by atoms with Crippen LogP contribution in [0.25, 0.3) is 44.3 Å². The topological polar surface area (TPSA) is 257 Å². The molecule has 6 aromatic carbocycles. The SMILES string of the molecule is C.CN=P.N[I-]C[C@@H]1CCC[C@H](NC(=O)OCc2ccccc2)C1.O=C(N[C@H]1CCC[C@@H](Nc2ncc(Cl)c(-c3cn(S(=O)(=O)c4ccccc4)c4ccccc34)n2)C1)OCc1ccccc1.O=S(=O)(c1ccccc1)n1cc(-c2nc(Cl)ncc2Cl)c2ccccc21. The number of amides is 2. The Labute approximate surface area is 570 Å². The maximum absolute atomic E-state index is 13.6. The number of benzene rings is 6. The van der Waals surface area contributed by atoms with Gasteiger partial charge in [0, 0.05) is 53.4 Å². The number of nitrogens with one attached hydrogen (secondary N) is 3. The summed E-state index contributed by atoms with van der Waals surface area (Å²) in [5, 5.41) is 11.4. The van der Waals surface area contributed by atoms with Gasteiger partial charge in [-0.3, -0.25) is 4.74 Å². The van der Waals surface area contributed by atoms with E-state index < -0.39 is 26.1 Å². The minimum atomic E-state index is -3.86. The first-order valence-corrected chi connectivity index (χ1v) is 36.6. The Bertz CT molecular complexity index is 4340. The number of para-hydroxylation sites is 2. The van der Waals surface area contributed by atoms with Gasteiger partial charge in [0.25, 0.3) is 20.0 Å². The van der Waals surface area contributed by atoms with Gasteiger partial charge in [-0.15, -0.1) is 0 Å². The number of carbonyl (C=O) groups excluding carboxylic acids is 2. The van der Waals surface area contributed by atoms with Crippen LogP contribution in [0.2, 0.25) is 15.3 Å². The number of alkyl halides is 1. The average molecular weight is 1490 g/mol. The van der Waals surface area contributed by atoms with Crippen LogP contribution in [-0.2, 0) is 42.7 Å². The molecule has 2 aliphatic carbocycles. The number of nitrogens with two attached hydrogens (primary N) is 1. The number of anilines is 1. The first kappa shape index (κ1) is 71.3. The number of hydrogen-bond acceptors (Lipinski definition) is 15. The summed E-state index contributed by atoms with van der Waals surface area (Å²) < 4.78 is 76.7. The van der Waals surface area contributed by atoms with Gasteiger partial charge in [0.15, 0.2) is 0 Å². The first-order valence-electron chi connectivity index (χ1n) is 29.3. The molecule has 5 N–H and O–H groups in total. The molecule has 4 atom stereocenters. The van der Waals surface area contributed by atoms with Crippen LogP contribution in [0.15, 0.2) is 209 Å². The fourth-order valence-electron chi connectivity index (χ4n) is 10.8. The maximum atomic E-state index is 13.6. The van der Waals surface area contributed by atoms with Crippen molar-refractivity contribution in [1.82, 2.24) is 38.5 Å². The van der Waals surface area contributed by atoms with Gasteiger partial charge in [-0.25, -0.2) is 49.5 Å². The normalized spacial score (nSPS) is 16.1. The number of hydrogen-bond donors (Lipinski definition) is 4. The summed E-state index contributed by atoms with van der Waals surface area (Å²) >= 11 is 18.6. The second-order valence-electron chi connectivity index (χ2n) is 21.5. The molecule has 0 saturated heterocycles. The number of alkyl carbamates (subject to hydrolysis) is 2. The van der Waals surface area contributed by atoms with Crippen molar-refractivity contribution in [2.45, 2.75) is 99.9 Å². The van der Waals surface area contributed by atoms with E-state index in [0.29, 0.717) is 74.2 Å². The van der Waals surface area contributed by atoms with Crippen molar-refractivity contribution in [3.05, 3.63) is 221 Å². The van der Waals surface area contributed by atoms with E-state index in [1.807, 2.05) is 84.9 Å². The smallest absolute Gasteiger partial charge is 0.407 e. The van der Waals surface area contributed by atoms with Crippen LogP contribution in [-0.4, -0.2) is 86.5 Å². The van der Waals surface area contributed by atoms with E-state index in [-0.39, 0.29) is 79.8 Å². The molecular formula is C67H71Cl3IN11O8PS2-. The van der Waals surface area contributed by atoms with Crippen LogP contribution < -0.4 is 41.4 Å². The molecule has 4 heterocycles. The fraction of sp³-hybridized carbons (Fsp3) is 0.254. The number of ether oxygens (including phenoxy) is 2. The molecule has 0 spiro atoms.